The fourth-order valence-corrected chi connectivity index (χ4v) is 9.95. The number of rotatable bonds is 24. The molecule has 4 aliphatic heterocycles. The van der Waals surface area contributed by atoms with Gasteiger partial charge in [0.1, 0.15) is 79.4 Å². The van der Waals surface area contributed by atoms with Crippen molar-refractivity contribution in [2.75, 3.05) is 33.0 Å². The van der Waals surface area contributed by atoms with Crippen LogP contribution in [-0.2, 0) is 66.5 Å². The molecule has 30 heteroatoms. The minimum absolute atomic E-state index is 0.186. The Morgan fingerprint density at radius 3 is 1.77 bits per heavy atom. The molecule has 1 aliphatic carbocycles. The van der Waals surface area contributed by atoms with Crippen LogP contribution in [0.25, 0.3) is 0 Å². The first-order valence-corrected chi connectivity index (χ1v) is 24.2. The second-order valence-corrected chi connectivity index (χ2v) is 19.6. The van der Waals surface area contributed by atoms with E-state index in [1.54, 1.807) is 13.8 Å². The fourth-order valence-electron chi connectivity index (χ4n) is 9.95. The molecule has 0 aromatic carbocycles. The molecule has 30 nitrogen and oxygen atoms in total. The molecule has 5 rings (SSSR count). The predicted molar refractivity (Wildman–Crippen MR) is 235 cm³/mol. The number of aliphatic hydroxyl groups excluding tert-OH is 15. The minimum atomic E-state index is -2.97. The Hall–Kier alpha value is -2.55. The van der Waals surface area contributed by atoms with Crippen LogP contribution in [0.5, 0.6) is 0 Å². The van der Waals surface area contributed by atoms with Crippen LogP contribution < -0.4 is 5.32 Å². The van der Waals surface area contributed by atoms with E-state index in [0.29, 0.717) is 0 Å². The van der Waals surface area contributed by atoms with E-state index in [2.05, 4.69) is 5.32 Å². The topological polar surface area (TPSA) is 468 Å². The van der Waals surface area contributed by atoms with Gasteiger partial charge in [0.25, 0.3) is 12.9 Å². The van der Waals surface area contributed by atoms with Crippen LogP contribution in [0.2, 0.25) is 0 Å². The molecule has 4 heterocycles. The van der Waals surface area contributed by atoms with E-state index in [9.17, 15) is 91.0 Å². The molecule has 74 heavy (non-hydrogen) atoms. The van der Waals surface area contributed by atoms with Crippen molar-refractivity contribution in [3.8, 4) is 0 Å². The van der Waals surface area contributed by atoms with Crippen molar-refractivity contribution in [3.63, 3.8) is 0 Å². The van der Waals surface area contributed by atoms with Crippen LogP contribution in [0, 0.1) is 17.8 Å². The molecular formula is C44H75NO29. The Balaban J connectivity index is 1.55. The summed E-state index contributed by atoms with van der Waals surface area (Å²) in [6.07, 6.45) is -40.8. The normalized spacial score (nSPS) is 44.7. The van der Waals surface area contributed by atoms with E-state index in [0.717, 1.165) is 6.92 Å². The number of nitrogens with one attached hydrogen (secondary N) is 1. The smallest absolute Gasteiger partial charge is 0.332 e. The van der Waals surface area contributed by atoms with Crippen molar-refractivity contribution in [2.24, 2.45) is 17.8 Å². The summed E-state index contributed by atoms with van der Waals surface area (Å²) in [4.78, 5) is 36.8. The summed E-state index contributed by atoms with van der Waals surface area (Å²) in [6.45, 7) is 1.78. The van der Waals surface area contributed by atoms with Gasteiger partial charge >= 0.3 is 11.9 Å². The molecule has 1 saturated carbocycles. The maximum atomic E-state index is 12.5. The van der Waals surface area contributed by atoms with Crippen LogP contribution >= 0.6 is 0 Å². The molecule has 5 aliphatic rings. The Labute approximate surface area is 424 Å². The first kappa shape index (κ1) is 62.3. The van der Waals surface area contributed by atoms with Gasteiger partial charge in [-0.1, -0.05) is 13.8 Å². The van der Waals surface area contributed by atoms with Gasteiger partial charge in [0, 0.05) is 31.3 Å². The molecule has 0 aromatic heterocycles. The van der Waals surface area contributed by atoms with Crippen molar-refractivity contribution in [1.82, 2.24) is 5.32 Å². The first-order valence-electron chi connectivity index (χ1n) is 24.2. The lowest BCUT2D eigenvalue weighted by Crippen LogP contribution is -2.69. The SMILES string of the molecule is CC(=O)NC1[C@@H](O)[C@@H](O)C(CO)C[C@H]1O[C@H]1C(CO)O[C@@H](O[C@@H]2C(CO)O[C@@H](OC(C)C)C(O)[C@H]2O)C(O)[C@H]1O[C@]1(OC=O)C[C@@H](O)[C@@H](C)C([C@H](O)[C@@H](CO)O[C@]2(OC=O)C[C@@H](O)[C@@H](C)C([C@H](O)[C@H](O)CO)O2)O1. The minimum Gasteiger partial charge on any atom is -0.410 e. The molecule has 0 radical (unpaired) electrons. The third-order valence-corrected chi connectivity index (χ3v) is 14.1. The third-order valence-electron chi connectivity index (χ3n) is 14.1. The summed E-state index contributed by atoms with van der Waals surface area (Å²) >= 11 is 0. The number of aliphatic hydroxyl groups is 15. The van der Waals surface area contributed by atoms with Gasteiger partial charge in [-0.15, -0.1) is 0 Å². The molecule has 5 fully saturated rings. The lowest BCUT2D eigenvalue weighted by molar-refractivity contribution is -0.457. The lowest BCUT2D eigenvalue weighted by atomic mass is 9.79. The highest BCUT2D eigenvalue weighted by Gasteiger charge is 2.61. The quantitative estimate of drug-likeness (QED) is 0.0315. The van der Waals surface area contributed by atoms with E-state index >= 15 is 0 Å². The second-order valence-electron chi connectivity index (χ2n) is 19.6. The highest BCUT2D eigenvalue weighted by Crippen LogP contribution is 2.44. The number of hydrogen-bond donors (Lipinski definition) is 16. The molecule has 0 spiro atoms. The average Bonchev–Trinajstić information content (AvgIpc) is 3.35. The molecule has 0 bridgehead atoms. The fraction of sp³-hybridized carbons (Fsp3) is 0.932. The van der Waals surface area contributed by atoms with Gasteiger partial charge in [-0.25, -0.2) is 0 Å². The van der Waals surface area contributed by atoms with E-state index in [1.807, 2.05) is 0 Å². The molecule has 27 atom stereocenters. The third kappa shape index (κ3) is 13.8. The van der Waals surface area contributed by atoms with Gasteiger partial charge in [0.15, 0.2) is 12.6 Å². The van der Waals surface area contributed by atoms with Crippen LogP contribution in [0.3, 0.4) is 0 Å². The van der Waals surface area contributed by atoms with Crippen molar-refractivity contribution in [3.05, 3.63) is 0 Å². The maximum absolute atomic E-state index is 12.5. The first-order chi connectivity index (χ1) is 34.9. The number of hydrogen-bond acceptors (Lipinski definition) is 29. The van der Waals surface area contributed by atoms with Gasteiger partial charge in [-0.05, 0) is 20.3 Å². The maximum Gasteiger partial charge on any atom is 0.332 e. The Kier molecular flexibility index (Phi) is 22.6. The lowest BCUT2D eigenvalue weighted by Gasteiger charge is -2.52. The zero-order valence-electron chi connectivity index (χ0n) is 41.2. The Morgan fingerprint density at radius 2 is 1.23 bits per heavy atom. The summed E-state index contributed by atoms with van der Waals surface area (Å²) in [7, 11) is 0. The Morgan fingerprint density at radius 1 is 0.676 bits per heavy atom. The Bertz CT molecular complexity index is 1760. The zero-order chi connectivity index (χ0) is 55.1. The van der Waals surface area contributed by atoms with Crippen molar-refractivity contribution >= 4 is 18.9 Å². The summed E-state index contributed by atoms with van der Waals surface area (Å²) < 4.78 is 64.1. The highest BCUT2D eigenvalue weighted by molar-refractivity contribution is 5.73. The largest absolute Gasteiger partial charge is 0.410 e. The van der Waals surface area contributed by atoms with Crippen LogP contribution in [0.1, 0.15) is 53.9 Å². The average molecular weight is 1080 g/mol. The van der Waals surface area contributed by atoms with E-state index in [1.165, 1.54) is 13.8 Å². The van der Waals surface area contributed by atoms with Crippen molar-refractivity contribution < 1.29 is 143 Å². The molecule has 16 N–H and O–H groups in total. The van der Waals surface area contributed by atoms with Crippen LogP contribution in [0.4, 0.5) is 0 Å². The number of ether oxygens (including phenoxy) is 11. The molecule has 430 valence electrons. The molecule has 4 saturated heterocycles. The van der Waals surface area contributed by atoms with E-state index in [4.69, 9.17) is 52.1 Å². The predicted octanol–water partition coefficient (Wildman–Crippen LogP) is -8.63. The molecule has 8 unspecified atom stereocenters. The molecular weight excluding hydrogens is 1010 g/mol. The molecule has 1 amide bonds. The standard InChI is InChI=1S/C44H75NO29/c1-16(2)66-41-34(62)33(61)38(26(12-49)68-41)70-42-35(63)40(39(27(13-50)69-42)67-24-6-20(9-46)29(57)32(60)28(24)45-19(5)53)74-44(65-15-52)8-22(55)18(4)37(73-44)31(59)25(11-48)71-43(64-14-51)7-21(54)17(3)36(72-43)30(58)23(56)10-47/h14-18,20-42,46-50,54-63H,6-13H2,1-5H3,(H,45,53)/t17-,18-,20?,21-,22-,23-,24-,25-,26?,27?,28?,29+,30-,31-,32-,33-,34?,35?,36?,37?,38-,39+,40-,41-,42+,43-,44+/m1/s1. The van der Waals surface area contributed by atoms with Crippen LogP contribution in [-0.4, -0.2) is 281 Å². The van der Waals surface area contributed by atoms with Crippen molar-refractivity contribution in [2.45, 2.75) is 207 Å². The van der Waals surface area contributed by atoms with Crippen LogP contribution in [0.15, 0.2) is 0 Å². The van der Waals surface area contributed by atoms with Gasteiger partial charge in [0.2, 0.25) is 5.91 Å². The number of carbonyl (C=O) groups excluding carboxylic acids is 3. The van der Waals surface area contributed by atoms with Crippen molar-refractivity contribution in [1.29, 1.82) is 0 Å². The summed E-state index contributed by atoms with van der Waals surface area (Å²) in [5, 5.41) is 166. The monoisotopic (exact) mass is 1080 g/mol. The van der Waals surface area contributed by atoms with Gasteiger partial charge in [-0.2, -0.15) is 0 Å². The highest BCUT2D eigenvalue weighted by atomic mass is 16.9. The summed E-state index contributed by atoms with van der Waals surface area (Å²) in [5.41, 5.74) is 0. The summed E-state index contributed by atoms with van der Waals surface area (Å²) in [5.74, 6) is -9.81. The van der Waals surface area contributed by atoms with Gasteiger partial charge < -0.3 is 134 Å². The van der Waals surface area contributed by atoms with E-state index in [-0.39, 0.29) is 19.4 Å². The number of carbonyl (C=O) groups is 3. The molecule has 0 aromatic rings. The summed E-state index contributed by atoms with van der Waals surface area (Å²) in [6, 6.07) is -1.47. The van der Waals surface area contributed by atoms with E-state index < -0.39 is 222 Å². The van der Waals surface area contributed by atoms with Gasteiger partial charge in [0.05, 0.1) is 88.0 Å². The van der Waals surface area contributed by atoms with Gasteiger partial charge in [-0.3, -0.25) is 14.4 Å². The zero-order valence-corrected chi connectivity index (χ0v) is 41.2. The number of amides is 1. The second kappa shape index (κ2) is 26.9.